The number of benzene rings is 2. The van der Waals surface area contributed by atoms with Crippen molar-refractivity contribution in [3.8, 4) is 11.5 Å². The molecule has 0 bridgehead atoms. The van der Waals surface area contributed by atoms with Crippen LogP contribution in [0.5, 0.6) is 11.5 Å². The van der Waals surface area contributed by atoms with Gasteiger partial charge in [0.15, 0.2) is 11.5 Å². The van der Waals surface area contributed by atoms with Crippen LogP contribution in [0.1, 0.15) is 17.2 Å². The van der Waals surface area contributed by atoms with Crippen molar-refractivity contribution in [1.82, 2.24) is 5.32 Å². The first kappa shape index (κ1) is 13.8. The fourth-order valence-corrected chi connectivity index (χ4v) is 2.40. The minimum absolute atomic E-state index is 0.113. The second kappa shape index (κ2) is 5.29. The highest BCUT2D eigenvalue weighted by molar-refractivity contribution is 5.47. The zero-order chi connectivity index (χ0) is 15.0. The maximum Gasteiger partial charge on any atom is 0.231 e. The molecule has 6 heteroatoms. The second-order valence-corrected chi connectivity index (χ2v) is 4.62. The molecule has 0 aromatic heterocycles. The molecule has 0 saturated carbocycles. The number of hydrogen-bond donors (Lipinski definition) is 1. The van der Waals surface area contributed by atoms with Crippen molar-refractivity contribution < 1.29 is 22.6 Å². The van der Waals surface area contributed by atoms with Gasteiger partial charge in [-0.3, -0.25) is 0 Å². The van der Waals surface area contributed by atoms with E-state index in [0.717, 1.165) is 0 Å². The number of ether oxygens (including phenoxy) is 2. The summed E-state index contributed by atoms with van der Waals surface area (Å²) < 4.78 is 51.3. The minimum atomic E-state index is -0.950. The van der Waals surface area contributed by atoms with Gasteiger partial charge in [0.25, 0.3) is 0 Å². The average Bonchev–Trinajstić information content (AvgIpc) is 2.89. The first-order valence-electron chi connectivity index (χ1n) is 6.31. The minimum Gasteiger partial charge on any atom is -0.454 e. The Hall–Kier alpha value is -2.21. The Bertz CT molecular complexity index is 668. The van der Waals surface area contributed by atoms with Gasteiger partial charge in [0, 0.05) is 17.7 Å². The fraction of sp³-hybridized carbons (Fsp3) is 0.200. The van der Waals surface area contributed by atoms with Crippen LogP contribution in [0.25, 0.3) is 0 Å². The normalized spacial score (nSPS) is 14.3. The van der Waals surface area contributed by atoms with Crippen LogP contribution in [0, 0.1) is 17.5 Å². The van der Waals surface area contributed by atoms with Gasteiger partial charge in [0.1, 0.15) is 17.5 Å². The summed E-state index contributed by atoms with van der Waals surface area (Å²) in [5.41, 5.74) is 0.351. The van der Waals surface area contributed by atoms with E-state index < -0.39 is 23.5 Å². The zero-order valence-electron chi connectivity index (χ0n) is 11.1. The van der Waals surface area contributed by atoms with Gasteiger partial charge >= 0.3 is 0 Å². The standard InChI is InChI=1S/C15H12F3NO2/c1-19-15(14-10(17)5-9(16)6-11(14)18)8-2-3-12-13(4-8)21-7-20-12/h2-6,15,19H,7H2,1H3. The first-order valence-corrected chi connectivity index (χ1v) is 6.31. The third-order valence-electron chi connectivity index (χ3n) is 3.35. The molecule has 0 spiro atoms. The van der Waals surface area contributed by atoms with Gasteiger partial charge in [-0.25, -0.2) is 13.2 Å². The molecule has 0 fully saturated rings. The molecular weight excluding hydrogens is 283 g/mol. The summed E-state index contributed by atoms with van der Waals surface area (Å²) in [7, 11) is 1.57. The van der Waals surface area contributed by atoms with Gasteiger partial charge in [-0.05, 0) is 24.7 Å². The molecule has 0 aliphatic carbocycles. The maximum absolute atomic E-state index is 13.9. The lowest BCUT2D eigenvalue weighted by Gasteiger charge is -2.19. The monoisotopic (exact) mass is 295 g/mol. The highest BCUT2D eigenvalue weighted by Gasteiger charge is 2.24. The van der Waals surface area contributed by atoms with Gasteiger partial charge < -0.3 is 14.8 Å². The van der Waals surface area contributed by atoms with Crippen LogP contribution >= 0.6 is 0 Å². The number of hydrogen-bond acceptors (Lipinski definition) is 3. The molecule has 1 aliphatic rings. The Kier molecular flexibility index (Phi) is 3.47. The highest BCUT2D eigenvalue weighted by atomic mass is 19.1. The Morgan fingerprint density at radius 2 is 1.67 bits per heavy atom. The molecule has 1 atom stereocenters. The van der Waals surface area contributed by atoms with Crippen molar-refractivity contribution >= 4 is 0 Å². The third kappa shape index (κ3) is 2.42. The van der Waals surface area contributed by atoms with Crippen LogP contribution in [0.15, 0.2) is 30.3 Å². The van der Waals surface area contributed by atoms with Crippen molar-refractivity contribution in [3.63, 3.8) is 0 Å². The van der Waals surface area contributed by atoms with Crippen LogP contribution in [-0.2, 0) is 0 Å². The predicted molar refractivity (Wildman–Crippen MR) is 69.8 cm³/mol. The van der Waals surface area contributed by atoms with Crippen LogP contribution in [0.4, 0.5) is 13.2 Å². The molecule has 2 aromatic carbocycles. The van der Waals surface area contributed by atoms with Gasteiger partial charge in [-0.15, -0.1) is 0 Å². The smallest absolute Gasteiger partial charge is 0.231 e. The molecule has 0 radical (unpaired) electrons. The Labute approximate surface area is 119 Å². The average molecular weight is 295 g/mol. The number of rotatable bonds is 3. The molecular formula is C15H12F3NO2. The molecule has 21 heavy (non-hydrogen) atoms. The van der Waals surface area contributed by atoms with E-state index in [1.165, 1.54) is 0 Å². The van der Waals surface area contributed by atoms with Gasteiger partial charge in [-0.2, -0.15) is 0 Å². The van der Waals surface area contributed by atoms with Crippen molar-refractivity contribution in [2.75, 3.05) is 13.8 Å². The van der Waals surface area contributed by atoms with Crippen molar-refractivity contribution in [1.29, 1.82) is 0 Å². The molecule has 1 unspecified atom stereocenters. The van der Waals surface area contributed by atoms with Crippen LogP contribution in [0.3, 0.4) is 0 Å². The molecule has 1 aliphatic heterocycles. The van der Waals surface area contributed by atoms with E-state index in [4.69, 9.17) is 9.47 Å². The summed E-state index contributed by atoms with van der Waals surface area (Å²) in [6.07, 6.45) is 0. The Morgan fingerprint density at radius 3 is 2.33 bits per heavy atom. The van der Waals surface area contributed by atoms with E-state index in [-0.39, 0.29) is 12.4 Å². The van der Waals surface area contributed by atoms with Crippen LogP contribution < -0.4 is 14.8 Å². The highest BCUT2D eigenvalue weighted by Crippen LogP contribution is 2.36. The molecule has 110 valence electrons. The van der Waals surface area contributed by atoms with Gasteiger partial charge in [0.05, 0.1) is 6.04 Å². The number of fused-ring (bicyclic) bond motifs is 1. The van der Waals surface area contributed by atoms with Crippen molar-refractivity contribution in [3.05, 3.63) is 58.9 Å². The topological polar surface area (TPSA) is 30.5 Å². The summed E-state index contributed by atoms with van der Waals surface area (Å²) in [5, 5.41) is 2.83. The molecule has 3 nitrogen and oxygen atoms in total. The van der Waals surface area contributed by atoms with Crippen LogP contribution in [0.2, 0.25) is 0 Å². The lowest BCUT2D eigenvalue weighted by Crippen LogP contribution is -2.20. The van der Waals surface area contributed by atoms with E-state index >= 15 is 0 Å². The van der Waals surface area contributed by atoms with Gasteiger partial charge in [-0.1, -0.05) is 6.07 Å². The van der Waals surface area contributed by atoms with E-state index in [2.05, 4.69) is 5.32 Å². The largest absolute Gasteiger partial charge is 0.454 e. The van der Waals surface area contributed by atoms with E-state index in [0.29, 0.717) is 29.2 Å². The van der Waals surface area contributed by atoms with Crippen molar-refractivity contribution in [2.24, 2.45) is 0 Å². The lowest BCUT2D eigenvalue weighted by atomic mass is 9.97. The third-order valence-corrected chi connectivity index (χ3v) is 3.35. The molecule has 1 N–H and O–H groups in total. The van der Waals surface area contributed by atoms with E-state index in [1.54, 1.807) is 25.2 Å². The quantitative estimate of drug-likeness (QED) is 0.943. The summed E-state index contributed by atoms with van der Waals surface area (Å²) in [6, 6.07) is 5.55. The Morgan fingerprint density at radius 1 is 1.00 bits per heavy atom. The predicted octanol–water partition coefficient (Wildman–Crippen LogP) is 3.14. The lowest BCUT2D eigenvalue weighted by molar-refractivity contribution is 0.174. The summed E-state index contributed by atoms with van der Waals surface area (Å²) in [6.45, 7) is 0.113. The molecule has 0 saturated heterocycles. The van der Waals surface area contributed by atoms with Crippen molar-refractivity contribution in [2.45, 2.75) is 6.04 Å². The summed E-state index contributed by atoms with van der Waals surface area (Å²) in [5.74, 6) is -1.74. The SMILES string of the molecule is CNC(c1ccc2c(c1)OCO2)c1c(F)cc(F)cc1F. The van der Waals surface area contributed by atoms with Crippen LogP contribution in [-0.4, -0.2) is 13.8 Å². The molecule has 0 amide bonds. The maximum atomic E-state index is 13.9. The number of nitrogens with one attached hydrogen (secondary N) is 1. The molecule has 2 aromatic rings. The Balaban J connectivity index is 2.07. The summed E-state index contributed by atoms with van der Waals surface area (Å²) >= 11 is 0. The van der Waals surface area contributed by atoms with Gasteiger partial charge in [0.2, 0.25) is 6.79 Å². The summed E-state index contributed by atoms with van der Waals surface area (Å²) in [4.78, 5) is 0. The molecule has 3 rings (SSSR count). The fourth-order valence-electron chi connectivity index (χ4n) is 2.40. The van der Waals surface area contributed by atoms with E-state index in [9.17, 15) is 13.2 Å². The zero-order valence-corrected chi connectivity index (χ0v) is 11.1. The van der Waals surface area contributed by atoms with E-state index in [1.807, 2.05) is 0 Å². The number of halogens is 3. The second-order valence-electron chi connectivity index (χ2n) is 4.62. The molecule has 1 heterocycles. The first-order chi connectivity index (χ1) is 10.1.